The van der Waals surface area contributed by atoms with Gasteiger partial charge in [-0.05, 0) is 38.5 Å². The van der Waals surface area contributed by atoms with Crippen molar-refractivity contribution in [1.29, 1.82) is 0 Å². The maximum Gasteiger partial charge on any atom is 0.317 e. The van der Waals surface area contributed by atoms with Crippen molar-refractivity contribution >= 4 is 11.8 Å². The molecule has 0 aromatic heterocycles. The van der Waals surface area contributed by atoms with Crippen LogP contribution in [-0.2, 0) is 14.3 Å². The van der Waals surface area contributed by atoms with E-state index in [0.717, 1.165) is 19.3 Å². The minimum atomic E-state index is -0.580. The first kappa shape index (κ1) is 15.7. The van der Waals surface area contributed by atoms with Crippen molar-refractivity contribution in [2.45, 2.75) is 46.5 Å². The second-order valence-electron chi connectivity index (χ2n) is 5.55. The Bertz CT molecular complexity index is 395. The molecule has 1 rings (SSSR count). The van der Waals surface area contributed by atoms with Gasteiger partial charge in [-0.3, -0.25) is 9.59 Å². The Labute approximate surface area is 115 Å². The number of esters is 1. The Kier molecular flexibility index (Phi) is 5.52. The lowest BCUT2D eigenvalue weighted by molar-refractivity contribution is -0.154. The summed E-state index contributed by atoms with van der Waals surface area (Å²) < 4.78 is 5.06. The minimum absolute atomic E-state index is 0.0336. The van der Waals surface area contributed by atoms with E-state index in [1.54, 1.807) is 13.0 Å². The Morgan fingerprint density at radius 1 is 1.58 bits per heavy atom. The van der Waals surface area contributed by atoms with Crippen LogP contribution in [0.1, 0.15) is 46.5 Å². The predicted octanol–water partition coefficient (Wildman–Crippen LogP) is 3.45. The lowest BCUT2D eigenvalue weighted by Crippen LogP contribution is -2.34. The van der Waals surface area contributed by atoms with Gasteiger partial charge >= 0.3 is 5.97 Å². The summed E-state index contributed by atoms with van der Waals surface area (Å²) in [5.41, 5.74) is 0.956. The topological polar surface area (TPSA) is 43.4 Å². The molecule has 1 fully saturated rings. The first-order valence-electron chi connectivity index (χ1n) is 6.92. The average molecular weight is 264 g/mol. The highest BCUT2D eigenvalue weighted by Crippen LogP contribution is 2.45. The zero-order valence-corrected chi connectivity index (χ0v) is 12.2. The monoisotopic (exact) mass is 264 g/mol. The van der Waals surface area contributed by atoms with Gasteiger partial charge in [-0.2, -0.15) is 0 Å². The maximum atomic E-state index is 12.0. The summed E-state index contributed by atoms with van der Waals surface area (Å²) in [5, 5.41) is 0. The van der Waals surface area contributed by atoms with Crippen molar-refractivity contribution < 1.29 is 14.3 Å². The molecular weight excluding hydrogens is 240 g/mol. The fourth-order valence-corrected chi connectivity index (χ4v) is 2.76. The second kappa shape index (κ2) is 6.69. The molecule has 0 N–H and O–H groups in total. The van der Waals surface area contributed by atoms with Crippen LogP contribution < -0.4 is 0 Å². The number of Topliss-reactive ketones (excluding diaryl/α,β-unsaturated/α-hetero) is 1. The van der Waals surface area contributed by atoms with Crippen molar-refractivity contribution in [1.82, 2.24) is 0 Å². The Hall–Kier alpha value is -1.38. The number of ether oxygens (including phenoxy) is 1. The summed E-state index contributed by atoms with van der Waals surface area (Å²) >= 11 is 0. The Balaban J connectivity index is 2.77. The van der Waals surface area contributed by atoms with Crippen molar-refractivity contribution in [2.75, 3.05) is 6.61 Å². The van der Waals surface area contributed by atoms with Crippen LogP contribution in [0.2, 0.25) is 0 Å². The van der Waals surface area contributed by atoms with Crippen LogP contribution in [0.3, 0.4) is 0 Å². The highest BCUT2D eigenvalue weighted by atomic mass is 16.5. The third kappa shape index (κ3) is 3.79. The summed E-state index contributed by atoms with van der Waals surface area (Å²) in [6.45, 7) is 9.84. The van der Waals surface area contributed by atoms with Gasteiger partial charge in [0.05, 0.1) is 6.61 Å². The van der Waals surface area contributed by atoms with Gasteiger partial charge in [0, 0.05) is 6.42 Å². The third-order valence-electron chi connectivity index (χ3n) is 3.98. The van der Waals surface area contributed by atoms with Crippen LogP contribution >= 0.6 is 0 Å². The minimum Gasteiger partial charge on any atom is -0.465 e. The van der Waals surface area contributed by atoms with Crippen molar-refractivity contribution in [3.8, 4) is 0 Å². The summed E-state index contributed by atoms with van der Waals surface area (Å²) in [7, 11) is 0. The standard InChI is InChI=1S/C16H24O3/c1-5-7-12(3)8-10-16(4)11-9-13(17)14(16)15(18)19-6-2/h5,7,14H,1,6,8-11H2,2-4H3/b12-7-. The molecule has 0 aliphatic heterocycles. The molecule has 1 aliphatic carbocycles. The zero-order chi connectivity index (χ0) is 14.5. The van der Waals surface area contributed by atoms with Crippen molar-refractivity contribution in [3.63, 3.8) is 0 Å². The molecule has 0 radical (unpaired) electrons. The fourth-order valence-electron chi connectivity index (χ4n) is 2.76. The number of ketones is 1. The van der Waals surface area contributed by atoms with Crippen LogP contribution in [0.15, 0.2) is 24.3 Å². The molecule has 1 aliphatic rings. The van der Waals surface area contributed by atoms with E-state index in [1.165, 1.54) is 5.57 Å². The van der Waals surface area contributed by atoms with Crippen LogP contribution in [0.4, 0.5) is 0 Å². The van der Waals surface area contributed by atoms with E-state index in [9.17, 15) is 9.59 Å². The molecule has 106 valence electrons. The normalized spacial score (nSPS) is 27.4. The Morgan fingerprint density at radius 3 is 2.84 bits per heavy atom. The van der Waals surface area contributed by atoms with Gasteiger partial charge in [0.15, 0.2) is 0 Å². The molecule has 0 heterocycles. The highest BCUT2D eigenvalue weighted by Gasteiger charge is 2.49. The second-order valence-corrected chi connectivity index (χ2v) is 5.55. The van der Waals surface area contributed by atoms with Crippen molar-refractivity contribution in [3.05, 3.63) is 24.3 Å². The number of carbonyl (C=O) groups is 2. The average Bonchev–Trinajstić information content (AvgIpc) is 2.64. The van der Waals surface area contributed by atoms with E-state index in [4.69, 9.17) is 4.74 Å². The van der Waals surface area contributed by atoms with Gasteiger partial charge in [-0.1, -0.05) is 31.2 Å². The molecule has 3 nitrogen and oxygen atoms in total. The molecule has 3 heteroatoms. The maximum absolute atomic E-state index is 12.0. The van der Waals surface area contributed by atoms with Gasteiger partial charge in [-0.15, -0.1) is 0 Å². The van der Waals surface area contributed by atoms with Crippen LogP contribution in [-0.4, -0.2) is 18.4 Å². The highest BCUT2D eigenvalue weighted by molar-refractivity contribution is 6.01. The summed E-state index contributed by atoms with van der Waals surface area (Å²) in [5.74, 6) is -0.895. The number of hydrogen-bond donors (Lipinski definition) is 0. The lowest BCUT2D eigenvalue weighted by Gasteiger charge is -2.29. The molecule has 2 unspecified atom stereocenters. The quantitative estimate of drug-likeness (QED) is 0.419. The van der Waals surface area contributed by atoms with Gasteiger partial charge in [0.1, 0.15) is 11.7 Å². The van der Waals surface area contributed by atoms with Gasteiger partial charge in [0.25, 0.3) is 0 Å². The van der Waals surface area contributed by atoms with E-state index in [0.29, 0.717) is 13.0 Å². The van der Waals surface area contributed by atoms with Gasteiger partial charge in [-0.25, -0.2) is 0 Å². The first-order valence-corrected chi connectivity index (χ1v) is 6.92. The van der Waals surface area contributed by atoms with Gasteiger partial charge < -0.3 is 4.74 Å². The largest absolute Gasteiger partial charge is 0.465 e. The molecule has 0 amide bonds. The van der Waals surface area contributed by atoms with Crippen molar-refractivity contribution in [2.24, 2.45) is 11.3 Å². The number of carbonyl (C=O) groups excluding carboxylic acids is 2. The molecule has 0 spiro atoms. The Morgan fingerprint density at radius 2 is 2.26 bits per heavy atom. The van der Waals surface area contributed by atoms with E-state index in [-0.39, 0.29) is 17.2 Å². The third-order valence-corrected chi connectivity index (χ3v) is 3.98. The summed E-state index contributed by atoms with van der Waals surface area (Å²) in [6.07, 6.45) is 6.71. The number of hydrogen-bond acceptors (Lipinski definition) is 3. The van der Waals surface area contributed by atoms with E-state index < -0.39 is 5.92 Å². The van der Waals surface area contributed by atoms with Crippen LogP contribution in [0.5, 0.6) is 0 Å². The number of allylic oxidation sites excluding steroid dienone is 3. The smallest absolute Gasteiger partial charge is 0.317 e. The first-order chi connectivity index (χ1) is 8.94. The SMILES string of the molecule is C=C/C=C(/C)CCC1(C)CCC(=O)C1C(=O)OCC. The van der Waals surface area contributed by atoms with E-state index in [1.807, 2.05) is 19.9 Å². The molecular formula is C16H24O3. The molecule has 2 atom stereocenters. The van der Waals surface area contributed by atoms with E-state index in [2.05, 4.69) is 6.58 Å². The van der Waals surface area contributed by atoms with Crippen LogP contribution in [0.25, 0.3) is 0 Å². The molecule has 0 aromatic rings. The zero-order valence-electron chi connectivity index (χ0n) is 12.2. The lowest BCUT2D eigenvalue weighted by atomic mass is 9.75. The predicted molar refractivity (Wildman–Crippen MR) is 75.7 cm³/mol. The molecule has 19 heavy (non-hydrogen) atoms. The van der Waals surface area contributed by atoms with Crippen LogP contribution in [0, 0.1) is 11.3 Å². The summed E-state index contributed by atoms with van der Waals surface area (Å²) in [6, 6.07) is 0. The molecule has 1 saturated carbocycles. The van der Waals surface area contributed by atoms with Gasteiger partial charge in [0.2, 0.25) is 0 Å². The molecule has 0 aromatic carbocycles. The molecule has 0 saturated heterocycles. The fraction of sp³-hybridized carbons (Fsp3) is 0.625. The summed E-state index contributed by atoms with van der Waals surface area (Å²) in [4.78, 5) is 23.9. The van der Waals surface area contributed by atoms with E-state index >= 15 is 0 Å². The number of rotatable bonds is 6. The molecule has 0 bridgehead atoms.